The van der Waals surface area contributed by atoms with Crippen molar-refractivity contribution in [1.82, 2.24) is 5.32 Å². The highest BCUT2D eigenvalue weighted by Gasteiger charge is 2.23. The molecule has 0 radical (unpaired) electrons. The van der Waals surface area contributed by atoms with Crippen LogP contribution >= 0.6 is 11.6 Å². The molecule has 0 aromatic carbocycles. The van der Waals surface area contributed by atoms with Crippen molar-refractivity contribution in [2.75, 3.05) is 19.8 Å². The fraction of sp³-hybridized carbons (Fsp3) is 0.923. The Hall–Kier alpha value is -0.280. The van der Waals surface area contributed by atoms with E-state index in [2.05, 4.69) is 19.2 Å². The van der Waals surface area contributed by atoms with Crippen molar-refractivity contribution in [1.29, 1.82) is 0 Å². The standard InChI is InChI=1S/C13H24ClNO2/c1-3-10(4-2)12(14)8-15-13(16)11-6-5-7-17-9-11/h10-12H,3-9H2,1-2H3,(H,15,16). The molecule has 1 heterocycles. The Kier molecular flexibility index (Phi) is 6.90. The van der Waals surface area contributed by atoms with Crippen LogP contribution in [0.5, 0.6) is 0 Å². The van der Waals surface area contributed by atoms with Crippen LogP contribution in [0.2, 0.25) is 0 Å². The minimum atomic E-state index is 0.0225. The lowest BCUT2D eigenvalue weighted by Gasteiger charge is -2.24. The quantitative estimate of drug-likeness (QED) is 0.747. The Morgan fingerprint density at radius 3 is 2.71 bits per heavy atom. The second kappa shape index (κ2) is 7.93. The summed E-state index contributed by atoms with van der Waals surface area (Å²) in [5, 5.41) is 2.99. The number of alkyl halides is 1. The molecule has 1 saturated heterocycles. The lowest BCUT2D eigenvalue weighted by molar-refractivity contribution is -0.128. The molecule has 2 unspecified atom stereocenters. The first-order valence-electron chi connectivity index (χ1n) is 6.68. The second-order valence-corrected chi connectivity index (χ2v) is 5.31. The van der Waals surface area contributed by atoms with E-state index in [0.717, 1.165) is 32.3 Å². The first-order chi connectivity index (χ1) is 8.19. The van der Waals surface area contributed by atoms with Crippen LogP contribution in [0.1, 0.15) is 39.5 Å². The van der Waals surface area contributed by atoms with E-state index < -0.39 is 0 Å². The molecule has 4 heteroatoms. The Morgan fingerprint density at radius 1 is 1.47 bits per heavy atom. The van der Waals surface area contributed by atoms with E-state index in [9.17, 15) is 4.79 Å². The van der Waals surface area contributed by atoms with Crippen molar-refractivity contribution < 1.29 is 9.53 Å². The van der Waals surface area contributed by atoms with E-state index in [1.165, 1.54) is 0 Å². The maximum Gasteiger partial charge on any atom is 0.225 e. The molecule has 1 aliphatic heterocycles. The maximum absolute atomic E-state index is 11.9. The van der Waals surface area contributed by atoms with Crippen molar-refractivity contribution in [2.24, 2.45) is 11.8 Å². The zero-order valence-electron chi connectivity index (χ0n) is 10.9. The Balaban J connectivity index is 2.26. The summed E-state index contributed by atoms with van der Waals surface area (Å²) in [7, 11) is 0. The van der Waals surface area contributed by atoms with Gasteiger partial charge in [-0.05, 0) is 18.8 Å². The summed E-state index contributed by atoms with van der Waals surface area (Å²) in [5.74, 6) is 0.607. The zero-order chi connectivity index (χ0) is 12.7. The van der Waals surface area contributed by atoms with Gasteiger partial charge in [-0.3, -0.25) is 4.79 Å². The minimum Gasteiger partial charge on any atom is -0.381 e. The average molecular weight is 262 g/mol. The van der Waals surface area contributed by atoms with Gasteiger partial charge in [0.05, 0.1) is 17.9 Å². The Labute approximate surface area is 109 Å². The van der Waals surface area contributed by atoms with Gasteiger partial charge in [-0.2, -0.15) is 0 Å². The third kappa shape index (κ3) is 4.84. The van der Waals surface area contributed by atoms with E-state index in [1.807, 2.05) is 0 Å². The predicted octanol–water partition coefficient (Wildman–Crippen LogP) is 2.57. The highest BCUT2D eigenvalue weighted by atomic mass is 35.5. The molecule has 2 atom stereocenters. The summed E-state index contributed by atoms with van der Waals surface area (Å²) in [5.41, 5.74) is 0. The molecular formula is C13H24ClNO2. The maximum atomic E-state index is 11.9. The van der Waals surface area contributed by atoms with E-state index in [0.29, 0.717) is 19.1 Å². The van der Waals surface area contributed by atoms with Gasteiger partial charge in [0.15, 0.2) is 0 Å². The number of carbonyl (C=O) groups is 1. The number of carbonyl (C=O) groups excluding carboxylic acids is 1. The van der Waals surface area contributed by atoms with Crippen LogP contribution in [0.25, 0.3) is 0 Å². The van der Waals surface area contributed by atoms with Crippen LogP contribution in [-0.2, 0) is 9.53 Å². The molecule has 0 spiro atoms. The van der Waals surface area contributed by atoms with Gasteiger partial charge in [-0.25, -0.2) is 0 Å². The number of hydrogen-bond acceptors (Lipinski definition) is 2. The molecule has 0 aromatic rings. The lowest BCUT2D eigenvalue weighted by Crippen LogP contribution is -2.39. The summed E-state index contributed by atoms with van der Waals surface area (Å²) in [6.45, 7) is 6.20. The first kappa shape index (κ1) is 14.8. The summed E-state index contributed by atoms with van der Waals surface area (Å²) < 4.78 is 5.31. The highest BCUT2D eigenvalue weighted by Crippen LogP contribution is 2.18. The van der Waals surface area contributed by atoms with Gasteiger partial charge in [-0.15, -0.1) is 11.6 Å². The van der Waals surface area contributed by atoms with Crippen molar-refractivity contribution >= 4 is 17.5 Å². The second-order valence-electron chi connectivity index (χ2n) is 4.75. The molecule has 1 N–H and O–H groups in total. The van der Waals surface area contributed by atoms with Gasteiger partial charge < -0.3 is 10.1 Å². The first-order valence-corrected chi connectivity index (χ1v) is 7.12. The van der Waals surface area contributed by atoms with Gasteiger partial charge in [-0.1, -0.05) is 26.7 Å². The SMILES string of the molecule is CCC(CC)C(Cl)CNC(=O)C1CCCOC1. The smallest absolute Gasteiger partial charge is 0.225 e. The monoisotopic (exact) mass is 261 g/mol. The van der Waals surface area contributed by atoms with Crippen molar-refractivity contribution in [2.45, 2.75) is 44.9 Å². The van der Waals surface area contributed by atoms with Crippen molar-refractivity contribution in [3.05, 3.63) is 0 Å². The third-order valence-corrected chi connectivity index (χ3v) is 4.07. The molecule has 1 rings (SSSR count). The normalized spacial score (nSPS) is 22.5. The van der Waals surface area contributed by atoms with Crippen molar-refractivity contribution in [3.63, 3.8) is 0 Å². The van der Waals surface area contributed by atoms with Gasteiger partial charge in [0, 0.05) is 13.2 Å². The van der Waals surface area contributed by atoms with E-state index >= 15 is 0 Å². The van der Waals surface area contributed by atoms with Crippen LogP contribution in [0.15, 0.2) is 0 Å². The van der Waals surface area contributed by atoms with Crippen molar-refractivity contribution in [3.8, 4) is 0 Å². The van der Waals surface area contributed by atoms with Crippen LogP contribution in [0.3, 0.4) is 0 Å². The minimum absolute atomic E-state index is 0.0225. The third-order valence-electron chi connectivity index (χ3n) is 3.56. The molecular weight excluding hydrogens is 238 g/mol. The van der Waals surface area contributed by atoms with E-state index in [1.54, 1.807) is 0 Å². The van der Waals surface area contributed by atoms with Gasteiger partial charge in [0.2, 0.25) is 5.91 Å². The number of nitrogens with one attached hydrogen (secondary N) is 1. The number of halogens is 1. The number of rotatable bonds is 6. The lowest BCUT2D eigenvalue weighted by atomic mass is 9.98. The fourth-order valence-corrected chi connectivity index (χ4v) is 2.69. The molecule has 3 nitrogen and oxygen atoms in total. The highest BCUT2D eigenvalue weighted by molar-refractivity contribution is 6.21. The predicted molar refractivity (Wildman–Crippen MR) is 70.3 cm³/mol. The summed E-state index contributed by atoms with van der Waals surface area (Å²) >= 11 is 6.28. The molecule has 0 saturated carbocycles. The van der Waals surface area contributed by atoms with Gasteiger partial charge in [0.1, 0.15) is 0 Å². The average Bonchev–Trinajstić information content (AvgIpc) is 2.38. The summed E-state index contributed by atoms with van der Waals surface area (Å²) in [6.07, 6.45) is 4.04. The molecule has 0 aromatic heterocycles. The van der Waals surface area contributed by atoms with Crippen LogP contribution < -0.4 is 5.32 Å². The molecule has 0 bridgehead atoms. The van der Waals surface area contributed by atoms with E-state index in [4.69, 9.17) is 16.3 Å². The summed E-state index contributed by atoms with van der Waals surface area (Å²) in [4.78, 5) is 11.9. The molecule has 100 valence electrons. The van der Waals surface area contributed by atoms with Gasteiger partial charge >= 0.3 is 0 Å². The number of amides is 1. The largest absolute Gasteiger partial charge is 0.381 e. The Morgan fingerprint density at radius 2 is 2.18 bits per heavy atom. The number of ether oxygens (including phenoxy) is 1. The topological polar surface area (TPSA) is 38.3 Å². The van der Waals surface area contributed by atoms with Crippen LogP contribution in [0.4, 0.5) is 0 Å². The van der Waals surface area contributed by atoms with Gasteiger partial charge in [0.25, 0.3) is 0 Å². The number of hydrogen-bond donors (Lipinski definition) is 1. The van der Waals surface area contributed by atoms with Crippen LogP contribution in [0, 0.1) is 11.8 Å². The molecule has 1 aliphatic rings. The molecule has 17 heavy (non-hydrogen) atoms. The fourth-order valence-electron chi connectivity index (χ4n) is 2.26. The van der Waals surface area contributed by atoms with E-state index in [-0.39, 0.29) is 17.2 Å². The summed E-state index contributed by atoms with van der Waals surface area (Å²) in [6, 6.07) is 0. The van der Waals surface area contributed by atoms with Crippen LogP contribution in [-0.4, -0.2) is 31.0 Å². The molecule has 1 amide bonds. The Bertz CT molecular complexity index is 225. The molecule has 1 fully saturated rings. The molecule has 0 aliphatic carbocycles. The zero-order valence-corrected chi connectivity index (χ0v) is 11.6.